The summed E-state index contributed by atoms with van der Waals surface area (Å²) >= 11 is 5.83. The lowest BCUT2D eigenvalue weighted by atomic mass is 10.3. The SMILES string of the molecule is O=Cc1ccc(Oc2cc(F)ccc2Cl)nc1. The van der Waals surface area contributed by atoms with E-state index in [4.69, 9.17) is 16.3 Å². The molecular weight excluding hydrogens is 245 g/mol. The molecule has 2 aromatic rings. The maximum atomic E-state index is 13.0. The van der Waals surface area contributed by atoms with E-state index in [1.54, 1.807) is 6.07 Å². The molecule has 0 saturated heterocycles. The molecule has 1 aromatic carbocycles. The van der Waals surface area contributed by atoms with Gasteiger partial charge in [-0.05, 0) is 18.2 Å². The number of benzene rings is 1. The number of pyridine rings is 1. The molecule has 17 heavy (non-hydrogen) atoms. The average molecular weight is 252 g/mol. The fraction of sp³-hybridized carbons (Fsp3) is 0. The summed E-state index contributed by atoms with van der Waals surface area (Å²) < 4.78 is 18.3. The van der Waals surface area contributed by atoms with Crippen LogP contribution in [0.25, 0.3) is 0 Å². The quantitative estimate of drug-likeness (QED) is 0.784. The maximum absolute atomic E-state index is 13.0. The zero-order valence-electron chi connectivity index (χ0n) is 8.56. The topological polar surface area (TPSA) is 39.2 Å². The Balaban J connectivity index is 2.24. The van der Waals surface area contributed by atoms with Gasteiger partial charge in [-0.25, -0.2) is 9.37 Å². The van der Waals surface area contributed by atoms with Crippen molar-refractivity contribution in [2.75, 3.05) is 0 Å². The molecule has 0 aliphatic rings. The van der Waals surface area contributed by atoms with E-state index in [1.807, 2.05) is 0 Å². The maximum Gasteiger partial charge on any atom is 0.219 e. The van der Waals surface area contributed by atoms with Gasteiger partial charge in [-0.15, -0.1) is 0 Å². The lowest BCUT2D eigenvalue weighted by molar-refractivity contribution is 0.112. The van der Waals surface area contributed by atoms with Crippen LogP contribution in [0.3, 0.4) is 0 Å². The third-order valence-electron chi connectivity index (χ3n) is 2.00. The molecular formula is C12H7ClFNO2. The number of nitrogens with zero attached hydrogens (tertiary/aromatic N) is 1. The van der Waals surface area contributed by atoms with Crippen molar-refractivity contribution >= 4 is 17.9 Å². The molecule has 0 aliphatic heterocycles. The smallest absolute Gasteiger partial charge is 0.219 e. The minimum absolute atomic E-state index is 0.179. The zero-order valence-corrected chi connectivity index (χ0v) is 9.32. The van der Waals surface area contributed by atoms with Crippen LogP contribution in [0.5, 0.6) is 11.6 Å². The highest BCUT2D eigenvalue weighted by atomic mass is 35.5. The number of aromatic nitrogens is 1. The van der Waals surface area contributed by atoms with Crippen molar-refractivity contribution < 1.29 is 13.9 Å². The van der Waals surface area contributed by atoms with Gasteiger partial charge in [-0.1, -0.05) is 11.6 Å². The Morgan fingerprint density at radius 3 is 2.76 bits per heavy atom. The van der Waals surface area contributed by atoms with Crippen molar-refractivity contribution in [3.63, 3.8) is 0 Å². The third kappa shape index (κ3) is 2.79. The van der Waals surface area contributed by atoms with E-state index in [2.05, 4.69) is 4.98 Å². The molecule has 0 aliphatic carbocycles. The van der Waals surface area contributed by atoms with Gasteiger partial charge in [0.05, 0.1) is 5.02 Å². The molecule has 86 valence electrons. The lowest BCUT2D eigenvalue weighted by Crippen LogP contribution is -1.90. The monoisotopic (exact) mass is 251 g/mol. The molecule has 1 aromatic heterocycles. The molecule has 0 unspecified atom stereocenters. The molecule has 0 bridgehead atoms. The van der Waals surface area contributed by atoms with Gasteiger partial charge in [0.1, 0.15) is 5.82 Å². The molecule has 0 atom stereocenters. The molecule has 0 amide bonds. The highest BCUT2D eigenvalue weighted by Crippen LogP contribution is 2.28. The third-order valence-corrected chi connectivity index (χ3v) is 2.32. The van der Waals surface area contributed by atoms with Crippen molar-refractivity contribution in [2.45, 2.75) is 0 Å². The van der Waals surface area contributed by atoms with Crippen LogP contribution < -0.4 is 4.74 Å². The van der Waals surface area contributed by atoms with E-state index in [-0.39, 0.29) is 16.7 Å². The van der Waals surface area contributed by atoms with E-state index in [9.17, 15) is 9.18 Å². The summed E-state index contributed by atoms with van der Waals surface area (Å²) in [5.74, 6) is -0.0324. The molecule has 0 N–H and O–H groups in total. The van der Waals surface area contributed by atoms with Crippen LogP contribution in [0.15, 0.2) is 36.5 Å². The van der Waals surface area contributed by atoms with Crippen molar-refractivity contribution in [1.29, 1.82) is 0 Å². The number of rotatable bonds is 3. The predicted octanol–water partition coefficient (Wildman–Crippen LogP) is 3.48. The second-order valence-electron chi connectivity index (χ2n) is 3.22. The number of ether oxygens (including phenoxy) is 1. The Morgan fingerprint density at radius 1 is 1.29 bits per heavy atom. The minimum Gasteiger partial charge on any atom is -0.437 e. The van der Waals surface area contributed by atoms with E-state index in [0.717, 1.165) is 6.07 Å². The number of halogens is 2. The number of carbonyl (C=O) groups excluding carboxylic acids is 1. The van der Waals surface area contributed by atoms with Gasteiger partial charge in [-0.2, -0.15) is 0 Å². The Bertz CT molecular complexity index is 543. The summed E-state index contributed by atoms with van der Waals surface area (Å²) in [4.78, 5) is 14.3. The van der Waals surface area contributed by atoms with Crippen LogP contribution in [0.4, 0.5) is 4.39 Å². The van der Waals surface area contributed by atoms with Gasteiger partial charge in [0.25, 0.3) is 0 Å². The lowest BCUT2D eigenvalue weighted by Gasteiger charge is -2.06. The summed E-state index contributed by atoms with van der Waals surface area (Å²) in [7, 11) is 0. The minimum atomic E-state index is -0.450. The first-order valence-corrected chi connectivity index (χ1v) is 5.11. The number of hydrogen-bond acceptors (Lipinski definition) is 3. The van der Waals surface area contributed by atoms with E-state index >= 15 is 0 Å². The molecule has 0 fully saturated rings. The fourth-order valence-corrected chi connectivity index (χ4v) is 1.35. The molecule has 5 heteroatoms. The molecule has 0 spiro atoms. The molecule has 3 nitrogen and oxygen atoms in total. The van der Waals surface area contributed by atoms with Crippen molar-refractivity contribution in [1.82, 2.24) is 4.98 Å². The largest absolute Gasteiger partial charge is 0.437 e. The first kappa shape index (κ1) is 11.5. The zero-order chi connectivity index (χ0) is 12.3. The second-order valence-corrected chi connectivity index (χ2v) is 3.63. The van der Waals surface area contributed by atoms with E-state index < -0.39 is 5.82 Å². The summed E-state index contributed by atoms with van der Waals surface area (Å²) in [5, 5.41) is 0.285. The second kappa shape index (κ2) is 4.93. The van der Waals surface area contributed by atoms with Gasteiger partial charge >= 0.3 is 0 Å². The van der Waals surface area contributed by atoms with Crippen LogP contribution in [0, 0.1) is 5.82 Å². The van der Waals surface area contributed by atoms with Gasteiger partial charge in [0.15, 0.2) is 12.0 Å². The Hall–Kier alpha value is -1.94. The molecule has 2 rings (SSSR count). The van der Waals surface area contributed by atoms with E-state index in [1.165, 1.54) is 24.4 Å². The number of aldehydes is 1. The molecule has 1 heterocycles. The van der Waals surface area contributed by atoms with Crippen LogP contribution in [-0.4, -0.2) is 11.3 Å². The Kier molecular flexibility index (Phi) is 3.35. The molecule has 0 radical (unpaired) electrons. The summed E-state index contributed by atoms with van der Waals surface area (Å²) in [6, 6.07) is 6.84. The summed E-state index contributed by atoms with van der Waals surface area (Å²) in [5.41, 5.74) is 0.433. The van der Waals surface area contributed by atoms with Crippen LogP contribution in [-0.2, 0) is 0 Å². The van der Waals surface area contributed by atoms with Crippen molar-refractivity contribution in [2.24, 2.45) is 0 Å². The van der Waals surface area contributed by atoms with Gasteiger partial charge in [-0.3, -0.25) is 4.79 Å². The van der Waals surface area contributed by atoms with E-state index in [0.29, 0.717) is 11.8 Å². The number of hydrogen-bond donors (Lipinski definition) is 0. The Labute approximate surface area is 102 Å². The van der Waals surface area contributed by atoms with Gasteiger partial charge < -0.3 is 4.74 Å². The summed E-state index contributed by atoms with van der Waals surface area (Å²) in [6.45, 7) is 0. The molecule has 0 saturated carbocycles. The van der Waals surface area contributed by atoms with Gasteiger partial charge in [0.2, 0.25) is 5.88 Å². The average Bonchev–Trinajstić information content (AvgIpc) is 2.35. The van der Waals surface area contributed by atoms with Crippen molar-refractivity contribution in [3.8, 4) is 11.6 Å². The van der Waals surface area contributed by atoms with Gasteiger partial charge in [0, 0.05) is 23.9 Å². The standard InChI is InChI=1S/C12H7ClFNO2/c13-10-3-2-9(14)5-11(10)17-12-4-1-8(7-16)6-15-12/h1-7H. The number of carbonyl (C=O) groups is 1. The highest BCUT2D eigenvalue weighted by molar-refractivity contribution is 6.32. The normalized spacial score (nSPS) is 10.0. The fourth-order valence-electron chi connectivity index (χ4n) is 1.19. The highest BCUT2D eigenvalue weighted by Gasteiger charge is 2.05. The van der Waals surface area contributed by atoms with Crippen LogP contribution in [0.2, 0.25) is 5.02 Å². The summed E-state index contributed by atoms with van der Waals surface area (Å²) in [6.07, 6.45) is 2.03. The first-order chi connectivity index (χ1) is 8.19. The van der Waals surface area contributed by atoms with Crippen LogP contribution in [0.1, 0.15) is 10.4 Å². The van der Waals surface area contributed by atoms with Crippen molar-refractivity contribution in [3.05, 3.63) is 52.9 Å². The van der Waals surface area contributed by atoms with Crippen LogP contribution >= 0.6 is 11.6 Å². The predicted molar refractivity (Wildman–Crippen MR) is 61.1 cm³/mol. The Morgan fingerprint density at radius 2 is 2.12 bits per heavy atom. The first-order valence-electron chi connectivity index (χ1n) is 4.73.